The van der Waals surface area contributed by atoms with Crippen molar-refractivity contribution in [1.29, 1.82) is 0 Å². The van der Waals surface area contributed by atoms with E-state index in [0.717, 1.165) is 73.2 Å². The van der Waals surface area contributed by atoms with Gasteiger partial charge in [0.2, 0.25) is 0 Å². The Bertz CT molecular complexity index is 1270. The van der Waals surface area contributed by atoms with E-state index in [1.54, 1.807) is 0 Å². The quantitative estimate of drug-likeness (QED) is 0.262. The largest absolute Gasteiger partial charge is 0.490 e. The average Bonchev–Trinajstić information content (AvgIpc) is 3.23. The number of nitrogens with zero attached hydrogens (tertiary/aromatic N) is 2. The fraction of sp³-hybridized carbons (Fsp3) is 0.538. The summed E-state index contributed by atoms with van der Waals surface area (Å²) < 4.78 is 63.5. The molecule has 0 radical (unpaired) electrons. The van der Waals surface area contributed by atoms with Crippen molar-refractivity contribution >= 4 is 34.8 Å². The Labute approximate surface area is 247 Å². The van der Waals surface area contributed by atoms with Crippen LogP contribution in [-0.4, -0.2) is 121 Å². The van der Waals surface area contributed by atoms with Crippen LogP contribution in [0.3, 0.4) is 0 Å². The molecule has 0 atom stereocenters. The Balaban J connectivity index is 0.000000402. The number of hydrogen-bond donors (Lipinski definition) is 6. The lowest BCUT2D eigenvalue weighted by atomic mass is 9.94. The number of halogens is 6. The van der Waals surface area contributed by atoms with Crippen molar-refractivity contribution < 1.29 is 55.7 Å². The number of alkyl halides is 6. The molecule has 1 aromatic carbocycles. The van der Waals surface area contributed by atoms with Crippen molar-refractivity contribution in [3.05, 3.63) is 35.0 Å². The topological polar surface area (TPSA) is 167 Å². The van der Waals surface area contributed by atoms with Gasteiger partial charge in [0.25, 0.3) is 5.91 Å². The Hall–Kier alpha value is -4.06. The first-order chi connectivity index (χ1) is 20.5. The van der Waals surface area contributed by atoms with E-state index in [-0.39, 0.29) is 11.9 Å². The van der Waals surface area contributed by atoms with Gasteiger partial charge in [0.15, 0.2) is 0 Å². The number of benzene rings is 1. The van der Waals surface area contributed by atoms with Crippen LogP contribution in [0.4, 0.5) is 31.1 Å². The van der Waals surface area contributed by atoms with E-state index in [1.165, 1.54) is 6.42 Å². The van der Waals surface area contributed by atoms with Crippen LogP contribution in [0.5, 0.6) is 0 Å². The normalized spacial score (nSPS) is 15.8. The average molecular weight is 641 g/mol. The van der Waals surface area contributed by atoms with Gasteiger partial charge in [-0.15, -0.1) is 0 Å². The van der Waals surface area contributed by atoms with Crippen LogP contribution < -0.4 is 16.0 Å². The van der Waals surface area contributed by atoms with Crippen LogP contribution in [-0.2, 0) is 22.4 Å². The Morgan fingerprint density at radius 3 is 2.16 bits per heavy atom. The van der Waals surface area contributed by atoms with Crippen molar-refractivity contribution in [2.75, 3.05) is 59.4 Å². The van der Waals surface area contributed by atoms with Crippen molar-refractivity contribution in [2.24, 2.45) is 0 Å². The summed E-state index contributed by atoms with van der Waals surface area (Å²) in [4.78, 5) is 50.1. The summed E-state index contributed by atoms with van der Waals surface area (Å²) >= 11 is 0. The minimum atomic E-state index is -5.08. The molecule has 0 saturated carbocycles. The van der Waals surface area contributed by atoms with Gasteiger partial charge in [0.05, 0.1) is 0 Å². The van der Waals surface area contributed by atoms with Crippen LogP contribution >= 0.6 is 0 Å². The fourth-order valence-electron chi connectivity index (χ4n) is 4.46. The summed E-state index contributed by atoms with van der Waals surface area (Å²) in [6.07, 6.45) is -5.43. The highest BCUT2D eigenvalue weighted by atomic mass is 19.4. The van der Waals surface area contributed by atoms with Crippen LogP contribution in [0, 0.1) is 0 Å². The molecule has 2 aliphatic heterocycles. The first-order valence-electron chi connectivity index (χ1n) is 13.4. The second kappa shape index (κ2) is 16.1. The molecule has 44 heavy (non-hydrogen) atoms. The van der Waals surface area contributed by atoms with Gasteiger partial charge < -0.3 is 40.9 Å². The minimum Gasteiger partial charge on any atom is -0.475 e. The third-order valence-corrected chi connectivity index (χ3v) is 6.63. The number of carbonyl (C=O) groups is 4. The molecule has 12 nitrogen and oxygen atoms in total. The molecule has 1 saturated heterocycles. The monoisotopic (exact) mass is 640 g/mol. The molecule has 3 heterocycles. The molecule has 1 fully saturated rings. The number of aromatic nitrogens is 1. The number of likely N-dealkylation sites (N-methyl/N-ethyl adjacent to an activating group) is 1. The first-order valence-corrected chi connectivity index (χ1v) is 13.4. The molecule has 0 unspecified atom stereocenters. The molecule has 2 aromatic rings. The number of aliphatic carboxylic acids is 2. The van der Waals surface area contributed by atoms with E-state index in [1.807, 2.05) is 18.3 Å². The zero-order valence-corrected chi connectivity index (χ0v) is 23.7. The zero-order chi connectivity index (χ0) is 33.1. The molecule has 6 N–H and O–H groups in total. The highest BCUT2D eigenvalue weighted by Gasteiger charge is 2.38. The second-order valence-corrected chi connectivity index (χ2v) is 9.87. The number of hydrogen-bond acceptors (Lipinski definition) is 6. The van der Waals surface area contributed by atoms with E-state index >= 15 is 0 Å². The number of urea groups is 1. The molecule has 0 bridgehead atoms. The van der Waals surface area contributed by atoms with Crippen LogP contribution in [0.25, 0.3) is 10.9 Å². The van der Waals surface area contributed by atoms with E-state index in [2.05, 4.69) is 37.8 Å². The van der Waals surface area contributed by atoms with Gasteiger partial charge >= 0.3 is 30.3 Å². The van der Waals surface area contributed by atoms with Crippen LogP contribution in [0.1, 0.15) is 27.9 Å². The highest BCUT2D eigenvalue weighted by molar-refractivity contribution is 6.02. The lowest BCUT2D eigenvalue weighted by molar-refractivity contribution is -0.193. The fourth-order valence-corrected chi connectivity index (χ4v) is 4.46. The molecule has 4 rings (SSSR count). The van der Waals surface area contributed by atoms with Crippen molar-refractivity contribution in [1.82, 2.24) is 30.7 Å². The van der Waals surface area contributed by atoms with E-state index in [9.17, 15) is 35.9 Å². The SMILES string of the molecule is CN1CCCN(CCNC(=O)NCCc2c[nH]c3ccc4c(c23)CCNC4=O)CC1.O=C(O)C(F)(F)F.O=C(O)C(F)(F)F. The predicted molar refractivity (Wildman–Crippen MR) is 145 cm³/mol. The first kappa shape index (κ1) is 36.1. The molecule has 2 aliphatic rings. The third-order valence-electron chi connectivity index (χ3n) is 6.63. The maximum Gasteiger partial charge on any atom is 0.490 e. The number of fused-ring (bicyclic) bond motifs is 3. The number of carboxylic acid groups (broad SMARTS) is 2. The summed E-state index contributed by atoms with van der Waals surface area (Å²) in [5, 5.41) is 24.2. The van der Waals surface area contributed by atoms with Gasteiger partial charge in [-0.1, -0.05) is 0 Å². The summed E-state index contributed by atoms with van der Waals surface area (Å²) in [6, 6.07) is 3.73. The highest BCUT2D eigenvalue weighted by Crippen LogP contribution is 2.28. The number of carbonyl (C=O) groups excluding carboxylic acids is 2. The zero-order valence-electron chi connectivity index (χ0n) is 23.7. The van der Waals surface area contributed by atoms with E-state index in [4.69, 9.17) is 19.8 Å². The summed E-state index contributed by atoms with van der Waals surface area (Å²) in [5.41, 5.74) is 4.07. The Morgan fingerprint density at radius 1 is 0.932 bits per heavy atom. The minimum absolute atomic E-state index is 0.00106. The van der Waals surface area contributed by atoms with Crippen molar-refractivity contribution in [2.45, 2.75) is 31.6 Å². The van der Waals surface area contributed by atoms with E-state index in [0.29, 0.717) is 19.6 Å². The summed E-state index contributed by atoms with van der Waals surface area (Å²) in [5.74, 6) is -5.51. The molecular formula is C26H34F6N6O6. The van der Waals surface area contributed by atoms with Gasteiger partial charge in [-0.25, -0.2) is 14.4 Å². The van der Waals surface area contributed by atoms with Crippen molar-refractivity contribution in [3.63, 3.8) is 0 Å². The summed E-state index contributed by atoms with van der Waals surface area (Å²) in [6.45, 7) is 7.16. The maximum absolute atomic E-state index is 12.2. The maximum atomic E-state index is 12.2. The van der Waals surface area contributed by atoms with Gasteiger partial charge in [0, 0.05) is 61.9 Å². The van der Waals surface area contributed by atoms with Crippen LogP contribution in [0.2, 0.25) is 0 Å². The molecule has 1 aromatic heterocycles. The Kier molecular flexibility index (Phi) is 13.3. The third kappa shape index (κ3) is 11.6. The lowest BCUT2D eigenvalue weighted by Gasteiger charge is -2.20. The molecule has 0 aliphatic carbocycles. The number of carboxylic acids is 2. The Morgan fingerprint density at radius 2 is 1.55 bits per heavy atom. The lowest BCUT2D eigenvalue weighted by Crippen LogP contribution is -2.41. The van der Waals surface area contributed by atoms with Gasteiger partial charge in [-0.3, -0.25) is 4.79 Å². The van der Waals surface area contributed by atoms with Gasteiger partial charge in [-0.05, 0) is 62.7 Å². The number of H-pyrrole nitrogens is 1. The van der Waals surface area contributed by atoms with Crippen LogP contribution in [0.15, 0.2) is 18.3 Å². The van der Waals surface area contributed by atoms with E-state index < -0.39 is 24.3 Å². The molecule has 3 amide bonds. The number of rotatable bonds is 6. The molecule has 0 spiro atoms. The number of aromatic amines is 1. The molecular weight excluding hydrogens is 606 g/mol. The number of amides is 3. The predicted octanol–water partition coefficient (Wildman–Crippen LogP) is 2.20. The molecule has 18 heteroatoms. The molecule has 246 valence electrons. The second-order valence-electron chi connectivity index (χ2n) is 9.87. The smallest absolute Gasteiger partial charge is 0.475 e. The standard InChI is InChI=1S/C22H32N6O2.2C2HF3O2/c1-27-10-2-11-28(14-13-27)12-9-25-22(30)24-7-5-16-15-26-19-4-3-18-17(20(16)19)6-8-23-21(18)29;2*3-2(4,5)1(6)7/h3-4,15,26H,2,5-14H2,1H3,(H,23,29)(H2,24,25,30);2*(H,6,7). The number of nitrogens with one attached hydrogen (secondary N) is 4. The van der Waals surface area contributed by atoms with Crippen molar-refractivity contribution in [3.8, 4) is 0 Å². The van der Waals surface area contributed by atoms with Gasteiger partial charge in [-0.2, -0.15) is 26.3 Å². The van der Waals surface area contributed by atoms with Gasteiger partial charge in [0.1, 0.15) is 0 Å². The summed E-state index contributed by atoms with van der Waals surface area (Å²) in [7, 11) is 2.16.